The quantitative estimate of drug-likeness (QED) is 0.711. The van der Waals surface area contributed by atoms with Crippen molar-refractivity contribution >= 4 is 11.8 Å². The van der Waals surface area contributed by atoms with Gasteiger partial charge < -0.3 is 15.8 Å². The Kier molecular flexibility index (Phi) is 3.89. The Hall–Kier alpha value is -1.66. The highest BCUT2D eigenvalue weighted by atomic mass is 16.5. The second-order valence-electron chi connectivity index (χ2n) is 3.91. The molecule has 92 valence electrons. The maximum atomic E-state index is 11.6. The predicted molar refractivity (Wildman–Crippen MR) is 63.5 cm³/mol. The monoisotopic (exact) mass is 236 g/mol. The Labute approximate surface area is 99.5 Å². The average molecular weight is 236 g/mol. The average Bonchev–Trinajstić information content (AvgIpc) is 2.82. The molecule has 1 aliphatic rings. The number of nitrogens with zero attached hydrogens (tertiary/aromatic N) is 1. The van der Waals surface area contributed by atoms with Gasteiger partial charge in [0.1, 0.15) is 5.82 Å². The molecule has 2 heterocycles. The van der Waals surface area contributed by atoms with E-state index >= 15 is 0 Å². The Morgan fingerprint density at radius 2 is 2.47 bits per heavy atom. The maximum absolute atomic E-state index is 11.6. The Morgan fingerprint density at radius 3 is 3.06 bits per heavy atom. The molecule has 6 nitrogen and oxygen atoms in total. The van der Waals surface area contributed by atoms with Crippen LogP contribution in [-0.4, -0.2) is 30.3 Å². The van der Waals surface area contributed by atoms with Gasteiger partial charge in [0.25, 0.3) is 0 Å². The predicted octanol–water partition coefficient (Wildman–Crippen LogP) is 0.451. The third-order valence-corrected chi connectivity index (χ3v) is 2.57. The fourth-order valence-electron chi connectivity index (χ4n) is 1.61. The van der Waals surface area contributed by atoms with Gasteiger partial charge in [-0.1, -0.05) is 6.07 Å². The molecule has 1 unspecified atom stereocenters. The lowest BCUT2D eigenvalue weighted by atomic mass is 10.3. The molecule has 0 spiro atoms. The van der Waals surface area contributed by atoms with Crippen molar-refractivity contribution in [2.45, 2.75) is 19.0 Å². The number of carbonyl (C=O) groups excluding carboxylic acids is 1. The van der Waals surface area contributed by atoms with Crippen LogP contribution in [0, 0.1) is 0 Å². The first-order valence-electron chi connectivity index (χ1n) is 5.58. The Morgan fingerprint density at radius 1 is 1.59 bits per heavy atom. The molecule has 1 fully saturated rings. The lowest BCUT2D eigenvalue weighted by molar-refractivity contribution is 0.189. The van der Waals surface area contributed by atoms with Gasteiger partial charge in [0.05, 0.1) is 12.6 Å². The van der Waals surface area contributed by atoms with Crippen molar-refractivity contribution in [3.05, 3.63) is 23.9 Å². The first-order valence-corrected chi connectivity index (χ1v) is 5.58. The largest absolute Gasteiger partial charge is 0.379 e. The van der Waals surface area contributed by atoms with E-state index in [1.807, 2.05) is 6.07 Å². The van der Waals surface area contributed by atoms with Gasteiger partial charge in [-0.15, -0.1) is 0 Å². The zero-order chi connectivity index (χ0) is 12.1. The number of hydrogen-bond acceptors (Lipinski definition) is 4. The minimum absolute atomic E-state index is 0.0957. The number of rotatable bonds is 3. The van der Waals surface area contributed by atoms with Gasteiger partial charge in [-0.2, -0.15) is 0 Å². The smallest absolute Gasteiger partial charge is 0.320 e. The number of carbonyl (C=O) groups is 1. The van der Waals surface area contributed by atoms with Gasteiger partial charge in [0.2, 0.25) is 0 Å². The number of nitrogens with one attached hydrogen (secondary N) is 2. The van der Waals surface area contributed by atoms with E-state index in [0.29, 0.717) is 25.6 Å². The summed E-state index contributed by atoms with van der Waals surface area (Å²) in [5, 5.41) is 5.48. The molecule has 0 saturated carbocycles. The van der Waals surface area contributed by atoms with E-state index in [9.17, 15) is 4.79 Å². The molecule has 0 radical (unpaired) electrons. The topological polar surface area (TPSA) is 89.3 Å². The lowest BCUT2D eigenvalue weighted by Gasteiger charge is -2.11. The van der Waals surface area contributed by atoms with E-state index in [4.69, 9.17) is 10.5 Å². The molecule has 17 heavy (non-hydrogen) atoms. The number of anilines is 1. The summed E-state index contributed by atoms with van der Waals surface area (Å²) in [7, 11) is 0. The number of hydrogen-bond donors (Lipinski definition) is 3. The van der Waals surface area contributed by atoms with E-state index < -0.39 is 0 Å². The summed E-state index contributed by atoms with van der Waals surface area (Å²) in [6, 6.07) is 3.40. The molecule has 1 aliphatic heterocycles. The summed E-state index contributed by atoms with van der Waals surface area (Å²) in [5.74, 6) is 0.513. The Bertz CT molecular complexity index is 374. The maximum Gasteiger partial charge on any atom is 0.320 e. The molecule has 2 amide bonds. The van der Waals surface area contributed by atoms with Crippen LogP contribution >= 0.6 is 0 Å². The number of amides is 2. The molecule has 0 bridgehead atoms. The van der Waals surface area contributed by atoms with Crippen LogP contribution in [0.2, 0.25) is 0 Å². The van der Waals surface area contributed by atoms with Crippen molar-refractivity contribution in [3.8, 4) is 0 Å². The van der Waals surface area contributed by atoms with Gasteiger partial charge in [0, 0.05) is 19.3 Å². The molecular formula is C11H16N4O2. The molecule has 6 heteroatoms. The normalized spacial score (nSPS) is 19.0. The molecule has 0 aliphatic carbocycles. The minimum atomic E-state index is -0.256. The summed E-state index contributed by atoms with van der Waals surface area (Å²) >= 11 is 0. The molecule has 1 saturated heterocycles. The van der Waals surface area contributed by atoms with Crippen molar-refractivity contribution in [1.29, 1.82) is 0 Å². The van der Waals surface area contributed by atoms with Crippen LogP contribution in [-0.2, 0) is 11.3 Å². The SMILES string of the molecule is NCc1ccc(NC(=O)NC2CCOC2)nc1. The summed E-state index contributed by atoms with van der Waals surface area (Å²) < 4.78 is 5.17. The lowest BCUT2D eigenvalue weighted by Crippen LogP contribution is -2.38. The molecule has 1 aromatic heterocycles. The number of aromatic nitrogens is 1. The first kappa shape index (κ1) is 11.8. The summed E-state index contributed by atoms with van der Waals surface area (Å²) in [6.07, 6.45) is 2.50. The minimum Gasteiger partial charge on any atom is -0.379 e. The number of pyridine rings is 1. The molecular weight excluding hydrogens is 220 g/mol. The third-order valence-electron chi connectivity index (χ3n) is 2.57. The van der Waals surface area contributed by atoms with Crippen LogP contribution in [0.4, 0.5) is 10.6 Å². The van der Waals surface area contributed by atoms with E-state index in [1.54, 1.807) is 12.3 Å². The van der Waals surface area contributed by atoms with Crippen LogP contribution in [0.3, 0.4) is 0 Å². The molecule has 2 rings (SSSR count). The summed E-state index contributed by atoms with van der Waals surface area (Å²) in [4.78, 5) is 15.7. The van der Waals surface area contributed by atoms with E-state index in [-0.39, 0.29) is 12.1 Å². The fraction of sp³-hybridized carbons (Fsp3) is 0.455. The molecule has 4 N–H and O–H groups in total. The van der Waals surface area contributed by atoms with Gasteiger partial charge >= 0.3 is 6.03 Å². The standard InChI is InChI=1S/C11H16N4O2/c12-5-8-1-2-10(13-6-8)15-11(16)14-9-3-4-17-7-9/h1-2,6,9H,3-5,7,12H2,(H2,13,14,15,16). The van der Waals surface area contributed by atoms with Crippen molar-refractivity contribution in [1.82, 2.24) is 10.3 Å². The van der Waals surface area contributed by atoms with Crippen LogP contribution < -0.4 is 16.4 Å². The second-order valence-corrected chi connectivity index (χ2v) is 3.91. The summed E-state index contributed by atoms with van der Waals surface area (Å²) in [6.45, 7) is 1.72. The number of nitrogens with two attached hydrogens (primary N) is 1. The van der Waals surface area contributed by atoms with E-state index in [0.717, 1.165) is 12.0 Å². The van der Waals surface area contributed by atoms with Crippen molar-refractivity contribution in [2.75, 3.05) is 18.5 Å². The highest BCUT2D eigenvalue weighted by Gasteiger charge is 2.17. The highest BCUT2D eigenvalue weighted by molar-refractivity contribution is 5.88. The van der Waals surface area contributed by atoms with Gasteiger partial charge in [-0.25, -0.2) is 9.78 Å². The molecule has 1 aromatic rings. The fourth-order valence-corrected chi connectivity index (χ4v) is 1.61. The first-order chi connectivity index (χ1) is 8.28. The zero-order valence-electron chi connectivity index (χ0n) is 9.48. The van der Waals surface area contributed by atoms with Crippen molar-refractivity contribution in [2.24, 2.45) is 5.73 Å². The van der Waals surface area contributed by atoms with Crippen LogP contribution in [0.25, 0.3) is 0 Å². The zero-order valence-corrected chi connectivity index (χ0v) is 9.48. The van der Waals surface area contributed by atoms with Gasteiger partial charge in [0.15, 0.2) is 0 Å². The van der Waals surface area contributed by atoms with Gasteiger partial charge in [-0.05, 0) is 18.1 Å². The van der Waals surface area contributed by atoms with Crippen LogP contribution in [0.15, 0.2) is 18.3 Å². The van der Waals surface area contributed by atoms with Gasteiger partial charge in [-0.3, -0.25) is 5.32 Å². The van der Waals surface area contributed by atoms with Crippen molar-refractivity contribution in [3.63, 3.8) is 0 Å². The van der Waals surface area contributed by atoms with E-state index in [2.05, 4.69) is 15.6 Å². The second kappa shape index (κ2) is 5.60. The van der Waals surface area contributed by atoms with Crippen molar-refractivity contribution < 1.29 is 9.53 Å². The molecule has 0 aromatic carbocycles. The number of ether oxygens (including phenoxy) is 1. The third kappa shape index (κ3) is 3.40. The van der Waals surface area contributed by atoms with Crippen LogP contribution in [0.5, 0.6) is 0 Å². The Balaban J connectivity index is 1.84. The molecule has 1 atom stereocenters. The number of urea groups is 1. The highest BCUT2D eigenvalue weighted by Crippen LogP contribution is 2.06. The van der Waals surface area contributed by atoms with Crippen LogP contribution in [0.1, 0.15) is 12.0 Å². The summed E-state index contributed by atoms with van der Waals surface area (Å²) in [5.41, 5.74) is 6.39. The van der Waals surface area contributed by atoms with E-state index in [1.165, 1.54) is 0 Å².